The molecule has 1 amide bonds. The molecule has 4 heteroatoms. The molecule has 3 fully saturated rings. The number of benzene rings is 1. The third-order valence-electron chi connectivity index (χ3n) is 6.11. The van der Waals surface area contributed by atoms with Crippen molar-refractivity contribution in [3.63, 3.8) is 0 Å². The van der Waals surface area contributed by atoms with Crippen molar-refractivity contribution >= 4 is 5.91 Å². The van der Waals surface area contributed by atoms with Gasteiger partial charge in [-0.2, -0.15) is 5.26 Å². The highest BCUT2D eigenvalue weighted by Gasteiger charge is 2.55. The van der Waals surface area contributed by atoms with Gasteiger partial charge in [0.05, 0.1) is 11.6 Å². The van der Waals surface area contributed by atoms with Crippen LogP contribution < -0.4 is 0 Å². The van der Waals surface area contributed by atoms with Crippen molar-refractivity contribution in [2.45, 2.75) is 32.2 Å². The Morgan fingerprint density at radius 3 is 2.25 bits per heavy atom. The zero-order valence-electron chi connectivity index (χ0n) is 14.2. The topological polar surface area (TPSA) is 47.3 Å². The fourth-order valence-corrected chi connectivity index (χ4v) is 4.64. The predicted molar refractivity (Wildman–Crippen MR) is 92.0 cm³/mol. The smallest absolute Gasteiger partial charge is 0.226 e. The van der Waals surface area contributed by atoms with Crippen molar-refractivity contribution in [3.8, 4) is 6.07 Å². The molecule has 2 aliphatic carbocycles. The second kappa shape index (κ2) is 6.57. The summed E-state index contributed by atoms with van der Waals surface area (Å²) in [5.74, 6) is 2.22. The van der Waals surface area contributed by atoms with E-state index in [-0.39, 0.29) is 0 Å². The summed E-state index contributed by atoms with van der Waals surface area (Å²) in [5.41, 5.74) is 1.95. The lowest BCUT2D eigenvalue weighted by Crippen LogP contribution is -2.49. The molecule has 0 aromatic heterocycles. The van der Waals surface area contributed by atoms with Crippen molar-refractivity contribution < 1.29 is 4.79 Å². The first-order valence-corrected chi connectivity index (χ1v) is 9.26. The minimum atomic E-state index is 0.359. The average molecular weight is 323 g/mol. The van der Waals surface area contributed by atoms with Gasteiger partial charge in [0.1, 0.15) is 0 Å². The normalized spacial score (nSPS) is 29.6. The van der Waals surface area contributed by atoms with E-state index in [1.165, 1.54) is 31.2 Å². The Kier molecular flexibility index (Phi) is 4.28. The van der Waals surface area contributed by atoms with Crippen LogP contribution in [-0.4, -0.2) is 41.9 Å². The van der Waals surface area contributed by atoms with E-state index < -0.39 is 0 Å². The summed E-state index contributed by atoms with van der Waals surface area (Å²) >= 11 is 0. The van der Waals surface area contributed by atoms with Gasteiger partial charge in [-0.3, -0.25) is 9.69 Å². The van der Waals surface area contributed by atoms with Crippen LogP contribution in [-0.2, 0) is 11.3 Å². The van der Waals surface area contributed by atoms with Crippen molar-refractivity contribution in [3.05, 3.63) is 35.4 Å². The monoisotopic (exact) mass is 323 g/mol. The molecule has 2 saturated carbocycles. The maximum atomic E-state index is 12.7. The lowest BCUT2D eigenvalue weighted by Gasteiger charge is -2.35. The molecule has 0 bridgehead atoms. The summed E-state index contributed by atoms with van der Waals surface area (Å²) in [6.07, 6.45) is 5.20. The molecular weight excluding hydrogens is 298 g/mol. The van der Waals surface area contributed by atoms with E-state index in [1.807, 2.05) is 24.3 Å². The van der Waals surface area contributed by atoms with Crippen LogP contribution in [0.15, 0.2) is 24.3 Å². The van der Waals surface area contributed by atoms with Gasteiger partial charge in [-0.15, -0.1) is 0 Å². The molecule has 0 spiro atoms. The minimum absolute atomic E-state index is 0.359. The van der Waals surface area contributed by atoms with E-state index >= 15 is 0 Å². The number of fused-ring (bicyclic) bond motifs is 1. The summed E-state index contributed by atoms with van der Waals surface area (Å²) in [6.45, 7) is 4.54. The van der Waals surface area contributed by atoms with Crippen LogP contribution in [0.5, 0.6) is 0 Å². The summed E-state index contributed by atoms with van der Waals surface area (Å²) < 4.78 is 0. The number of hydrogen-bond acceptors (Lipinski definition) is 3. The number of amides is 1. The Bertz CT molecular complexity index is 628. The zero-order chi connectivity index (χ0) is 16.5. The Labute approximate surface area is 144 Å². The highest BCUT2D eigenvalue weighted by Crippen LogP contribution is 2.56. The maximum Gasteiger partial charge on any atom is 0.226 e. The van der Waals surface area contributed by atoms with Gasteiger partial charge in [0, 0.05) is 38.6 Å². The molecule has 0 N–H and O–H groups in total. The van der Waals surface area contributed by atoms with E-state index in [2.05, 4.69) is 15.9 Å². The van der Waals surface area contributed by atoms with Gasteiger partial charge in [-0.25, -0.2) is 0 Å². The van der Waals surface area contributed by atoms with Crippen LogP contribution in [0.3, 0.4) is 0 Å². The Hall–Kier alpha value is -1.86. The van der Waals surface area contributed by atoms with E-state index in [0.717, 1.165) is 32.7 Å². The standard InChI is InChI=1S/C20H25N3O/c21-13-15-5-7-16(8-6-15)14-22-9-11-23(12-10-22)20(24)19-17-3-1-2-4-18(17)19/h5-8,17-19H,1-4,9-12,14H2/t17-,18-/m1/s1. The molecule has 0 unspecified atom stereocenters. The molecule has 1 heterocycles. The van der Waals surface area contributed by atoms with Crippen LogP contribution in [0.2, 0.25) is 0 Å². The van der Waals surface area contributed by atoms with Gasteiger partial charge in [-0.05, 0) is 42.4 Å². The fraction of sp³-hybridized carbons (Fsp3) is 0.600. The molecule has 1 aromatic rings. The molecule has 3 aliphatic rings. The third kappa shape index (κ3) is 3.06. The maximum absolute atomic E-state index is 12.7. The summed E-state index contributed by atoms with van der Waals surface area (Å²) in [5, 5.41) is 8.86. The number of piperazine rings is 1. The lowest BCUT2D eigenvalue weighted by atomic mass is 10.0. The van der Waals surface area contributed by atoms with E-state index in [0.29, 0.717) is 29.2 Å². The zero-order valence-corrected chi connectivity index (χ0v) is 14.2. The largest absolute Gasteiger partial charge is 0.340 e. The number of carbonyl (C=O) groups excluding carboxylic acids is 1. The summed E-state index contributed by atoms with van der Waals surface area (Å²) in [6, 6.07) is 9.98. The highest BCUT2D eigenvalue weighted by atomic mass is 16.2. The van der Waals surface area contributed by atoms with Gasteiger partial charge in [0.2, 0.25) is 5.91 Å². The van der Waals surface area contributed by atoms with Crippen molar-refractivity contribution in [1.29, 1.82) is 5.26 Å². The van der Waals surface area contributed by atoms with Gasteiger partial charge in [0.25, 0.3) is 0 Å². The highest BCUT2D eigenvalue weighted by molar-refractivity contribution is 5.82. The van der Waals surface area contributed by atoms with Gasteiger partial charge in [0.15, 0.2) is 0 Å². The Balaban J connectivity index is 1.27. The van der Waals surface area contributed by atoms with Gasteiger partial charge < -0.3 is 4.90 Å². The average Bonchev–Trinajstić information content (AvgIpc) is 3.37. The van der Waals surface area contributed by atoms with Crippen molar-refractivity contribution in [2.75, 3.05) is 26.2 Å². The molecular formula is C20H25N3O. The number of nitriles is 1. The molecule has 0 radical (unpaired) electrons. The van der Waals surface area contributed by atoms with Crippen LogP contribution in [0.4, 0.5) is 0 Å². The number of nitrogens with zero attached hydrogens (tertiary/aromatic N) is 3. The first-order chi connectivity index (χ1) is 11.8. The Morgan fingerprint density at radius 1 is 1.04 bits per heavy atom. The molecule has 1 aromatic carbocycles. The van der Waals surface area contributed by atoms with E-state index in [1.54, 1.807) is 0 Å². The minimum Gasteiger partial charge on any atom is -0.340 e. The Morgan fingerprint density at radius 2 is 1.67 bits per heavy atom. The fourth-order valence-electron chi connectivity index (χ4n) is 4.64. The molecule has 2 atom stereocenters. The van der Waals surface area contributed by atoms with Crippen LogP contribution in [0.1, 0.15) is 36.8 Å². The molecule has 4 rings (SSSR count). The van der Waals surface area contributed by atoms with Crippen LogP contribution in [0, 0.1) is 29.1 Å². The number of carbonyl (C=O) groups is 1. The van der Waals surface area contributed by atoms with Crippen LogP contribution in [0.25, 0.3) is 0 Å². The third-order valence-corrected chi connectivity index (χ3v) is 6.11. The summed E-state index contributed by atoms with van der Waals surface area (Å²) in [7, 11) is 0. The summed E-state index contributed by atoms with van der Waals surface area (Å²) in [4.78, 5) is 17.3. The van der Waals surface area contributed by atoms with E-state index in [9.17, 15) is 4.79 Å². The van der Waals surface area contributed by atoms with Crippen LogP contribution >= 0.6 is 0 Å². The molecule has 1 saturated heterocycles. The quantitative estimate of drug-likeness (QED) is 0.859. The van der Waals surface area contributed by atoms with E-state index in [4.69, 9.17) is 5.26 Å². The molecule has 126 valence electrons. The molecule has 24 heavy (non-hydrogen) atoms. The molecule has 1 aliphatic heterocycles. The lowest BCUT2D eigenvalue weighted by molar-refractivity contribution is -0.135. The van der Waals surface area contributed by atoms with Gasteiger partial charge in [-0.1, -0.05) is 25.0 Å². The predicted octanol–water partition coefficient (Wildman–Crippen LogP) is 2.64. The van der Waals surface area contributed by atoms with Crippen molar-refractivity contribution in [1.82, 2.24) is 9.80 Å². The SMILES string of the molecule is N#Cc1ccc(CN2CCN(C(=O)C3[C@@H]4CCCC[C@@H]34)CC2)cc1. The molecule has 4 nitrogen and oxygen atoms in total. The second-order valence-electron chi connectivity index (χ2n) is 7.55. The second-order valence-corrected chi connectivity index (χ2v) is 7.55. The number of hydrogen-bond donors (Lipinski definition) is 0. The number of rotatable bonds is 3. The first-order valence-electron chi connectivity index (χ1n) is 9.26. The van der Waals surface area contributed by atoms with Gasteiger partial charge >= 0.3 is 0 Å². The first kappa shape index (κ1) is 15.7. The van der Waals surface area contributed by atoms with Crippen molar-refractivity contribution in [2.24, 2.45) is 17.8 Å².